The third-order valence-corrected chi connectivity index (χ3v) is 1.84. The zero-order valence-electron chi connectivity index (χ0n) is 7.43. The number of rotatable bonds is 4. The molecule has 0 aliphatic heterocycles. The molecule has 0 bridgehead atoms. The molecule has 0 unspecified atom stereocenters. The topological polar surface area (TPSA) is 37.4 Å². The largest absolute Gasteiger partial charge is 0.315 e. The highest BCUT2D eigenvalue weighted by atomic mass is 16.1. The van der Waals surface area contributed by atoms with Crippen LogP contribution in [-0.2, 0) is 4.79 Å². The van der Waals surface area contributed by atoms with Crippen molar-refractivity contribution in [3.63, 3.8) is 0 Å². The molecule has 1 aromatic rings. The first-order valence-corrected chi connectivity index (χ1v) is 4.09. The monoisotopic (exact) mass is 177 g/mol. The van der Waals surface area contributed by atoms with Crippen molar-refractivity contribution in [2.45, 2.75) is 6.92 Å². The van der Waals surface area contributed by atoms with Crippen LogP contribution < -0.4 is 4.90 Å². The minimum absolute atomic E-state index is 0.538. The van der Waals surface area contributed by atoms with Gasteiger partial charge < -0.3 is 4.90 Å². The Morgan fingerprint density at radius 3 is 2.54 bits per heavy atom. The van der Waals surface area contributed by atoms with Gasteiger partial charge in [0.05, 0.1) is 5.69 Å². The Hall–Kier alpha value is -1.64. The summed E-state index contributed by atoms with van der Waals surface area (Å²) in [5.74, 6) is 0. The van der Waals surface area contributed by atoms with Crippen LogP contribution >= 0.6 is 0 Å². The lowest BCUT2D eigenvalue weighted by atomic mass is 10.2. The second kappa shape index (κ2) is 4.40. The fraction of sp³-hybridized carbons (Fsp3) is 0.200. The normalized spacial score (nSPS) is 9.31. The molecule has 1 aromatic carbocycles. The van der Waals surface area contributed by atoms with Crippen molar-refractivity contribution in [1.82, 2.24) is 0 Å². The first-order valence-electron chi connectivity index (χ1n) is 4.09. The van der Waals surface area contributed by atoms with Gasteiger partial charge in [-0.1, -0.05) is 12.1 Å². The summed E-state index contributed by atoms with van der Waals surface area (Å²) in [5.41, 5.74) is 1.20. The fourth-order valence-electron chi connectivity index (χ4n) is 1.15. The zero-order valence-corrected chi connectivity index (χ0v) is 7.43. The SMILES string of the molecule is CCN(C=O)c1ccccc1C=O. The number of benzene rings is 1. The van der Waals surface area contributed by atoms with E-state index in [9.17, 15) is 9.59 Å². The van der Waals surface area contributed by atoms with E-state index >= 15 is 0 Å². The second-order valence-electron chi connectivity index (χ2n) is 2.57. The van der Waals surface area contributed by atoms with Crippen molar-refractivity contribution >= 4 is 18.4 Å². The van der Waals surface area contributed by atoms with Crippen LogP contribution in [0.15, 0.2) is 24.3 Å². The summed E-state index contributed by atoms with van der Waals surface area (Å²) in [7, 11) is 0. The highest BCUT2D eigenvalue weighted by Gasteiger charge is 2.06. The smallest absolute Gasteiger partial charge is 0.214 e. The quantitative estimate of drug-likeness (QED) is 0.653. The first-order chi connectivity index (χ1) is 6.33. The maximum absolute atomic E-state index is 10.6. The number of carbonyl (C=O) groups excluding carboxylic acids is 2. The van der Waals surface area contributed by atoms with Crippen molar-refractivity contribution in [3.8, 4) is 0 Å². The molecule has 1 amide bonds. The van der Waals surface area contributed by atoms with E-state index < -0.39 is 0 Å². The van der Waals surface area contributed by atoms with Gasteiger partial charge in [-0.3, -0.25) is 9.59 Å². The molecule has 0 fully saturated rings. The van der Waals surface area contributed by atoms with Crippen LogP contribution in [0.4, 0.5) is 5.69 Å². The third-order valence-electron chi connectivity index (χ3n) is 1.84. The standard InChI is InChI=1S/C10H11NO2/c1-2-11(8-13)10-6-4-3-5-9(10)7-12/h3-8H,2H2,1H3. The molecule has 0 spiro atoms. The summed E-state index contributed by atoms with van der Waals surface area (Å²) in [6.45, 7) is 2.42. The van der Waals surface area contributed by atoms with Gasteiger partial charge in [0.15, 0.2) is 6.29 Å². The van der Waals surface area contributed by atoms with Crippen molar-refractivity contribution in [1.29, 1.82) is 0 Å². The van der Waals surface area contributed by atoms with Crippen LogP contribution in [0.2, 0.25) is 0 Å². The van der Waals surface area contributed by atoms with E-state index in [4.69, 9.17) is 0 Å². The van der Waals surface area contributed by atoms with E-state index in [1.807, 2.05) is 6.92 Å². The number of hydrogen-bond donors (Lipinski definition) is 0. The van der Waals surface area contributed by atoms with Crippen molar-refractivity contribution in [3.05, 3.63) is 29.8 Å². The summed E-state index contributed by atoms with van der Waals surface area (Å²) in [4.78, 5) is 22.7. The van der Waals surface area contributed by atoms with E-state index in [2.05, 4.69) is 0 Å². The van der Waals surface area contributed by atoms with Crippen molar-refractivity contribution in [2.75, 3.05) is 11.4 Å². The number of anilines is 1. The number of hydrogen-bond acceptors (Lipinski definition) is 2. The van der Waals surface area contributed by atoms with Gasteiger partial charge in [-0.15, -0.1) is 0 Å². The lowest BCUT2D eigenvalue weighted by molar-refractivity contribution is -0.107. The van der Waals surface area contributed by atoms with E-state index in [0.717, 1.165) is 12.7 Å². The Labute approximate surface area is 77.0 Å². The van der Waals surface area contributed by atoms with E-state index in [-0.39, 0.29) is 0 Å². The number of para-hydroxylation sites is 1. The van der Waals surface area contributed by atoms with E-state index in [1.54, 1.807) is 24.3 Å². The first kappa shape index (κ1) is 9.45. The maximum atomic E-state index is 10.6. The van der Waals surface area contributed by atoms with Gasteiger partial charge in [-0.05, 0) is 19.1 Å². The molecule has 0 aliphatic rings. The molecule has 0 atom stereocenters. The molecular weight excluding hydrogens is 166 g/mol. The molecule has 0 N–H and O–H groups in total. The second-order valence-corrected chi connectivity index (χ2v) is 2.57. The lowest BCUT2D eigenvalue weighted by Gasteiger charge is -2.16. The highest BCUT2D eigenvalue weighted by Crippen LogP contribution is 2.16. The number of carbonyl (C=O) groups is 2. The minimum atomic E-state index is 0.538. The number of amides is 1. The fourth-order valence-corrected chi connectivity index (χ4v) is 1.15. The van der Waals surface area contributed by atoms with E-state index in [1.165, 1.54) is 4.90 Å². The predicted octanol–water partition coefficient (Wildman–Crippen LogP) is 1.48. The Kier molecular flexibility index (Phi) is 3.20. The summed E-state index contributed by atoms with van der Waals surface area (Å²) in [6.07, 6.45) is 1.48. The van der Waals surface area contributed by atoms with Crippen LogP contribution in [-0.4, -0.2) is 19.2 Å². The minimum Gasteiger partial charge on any atom is -0.315 e. The Morgan fingerprint density at radius 2 is 2.00 bits per heavy atom. The highest BCUT2D eigenvalue weighted by molar-refractivity contribution is 5.89. The van der Waals surface area contributed by atoms with Gasteiger partial charge in [0.1, 0.15) is 0 Å². The molecular formula is C10H11NO2. The van der Waals surface area contributed by atoms with Gasteiger partial charge in [0.2, 0.25) is 6.41 Å². The summed E-state index contributed by atoms with van der Waals surface area (Å²) >= 11 is 0. The maximum Gasteiger partial charge on any atom is 0.214 e. The summed E-state index contributed by atoms with van der Waals surface area (Å²) < 4.78 is 0. The average Bonchev–Trinajstić information content (AvgIpc) is 2.20. The van der Waals surface area contributed by atoms with Gasteiger partial charge in [-0.25, -0.2) is 0 Å². The Balaban J connectivity index is 3.10. The Bertz CT molecular complexity index is 310. The van der Waals surface area contributed by atoms with Crippen LogP contribution in [0.1, 0.15) is 17.3 Å². The van der Waals surface area contributed by atoms with Crippen LogP contribution in [0, 0.1) is 0 Å². The van der Waals surface area contributed by atoms with Gasteiger partial charge in [0, 0.05) is 12.1 Å². The summed E-state index contributed by atoms with van der Waals surface area (Å²) in [6, 6.07) is 7.01. The van der Waals surface area contributed by atoms with Crippen molar-refractivity contribution < 1.29 is 9.59 Å². The number of aldehydes is 1. The molecule has 0 radical (unpaired) electrons. The molecule has 3 heteroatoms. The van der Waals surface area contributed by atoms with Gasteiger partial charge in [0.25, 0.3) is 0 Å². The van der Waals surface area contributed by atoms with Crippen LogP contribution in [0.25, 0.3) is 0 Å². The van der Waals surface area contributed by atoms with Gasteiger partial charge in [-0.2, -0.15) is 0 Å². The zero-order chi connectivity index (χ0) is 9.68. The molecule has 0 heterocycles. The molecule has 0 saturated carbocycles. The van der Waals surface area contributed by atoms with E-state index in [0.29, 0.717) is 17.8 Å². The lowest BCUT2D eigenvalue weighted by Crippen LogP contribution is -2.21. The van der Waals surface area contributed by atoms with Gasteiger partial charge >= 0.3 is 0 Å². The molecule has 3 nitrogen and oxygen atoms in total. The predicted molar refractivity (Wildman–Crippen MR) is 50.9 cm³/mol. The number of nitrogens with zero attached hydrogens (tertiary/aromatic N) is 1. The summed E-state index contributed by atoms with van der Waals surface area (Å²) in [5, 5.41) is 0. The third kappa shape index (κ3) is 1.93. The average molecular weight is 177 g/mol. The Morgan fingerprint density at radius 1 is 1.31 bits per heavy atom. The molecule has 68 valence electrons. The molecule has 0 aliphatic carbocycles. The molecule has 0 aromatic heterocycles. The molecule has 0 saturated heterocycles. The van der Waals surface area contributed by atoms with Crippen LogP contribution in [0.5, 0.6) is 0 Å². The molecule has 13 heavy (non-hydrogen) atoms. The van der Waals surface area contributed by atoms with Crippen LogP contribution in [0.3, 0.4) is 0 Å². The molecule has 1 rings (SSSR count). The van der Waals surface area contributed by atoms with Crippen molar-refractivity contribution in [2.24, 2.45) is 0 Å².